The van der Waals surface area contributed by atoms with E-state index < -0.39 is 5.41 Å². The number of ketones is 2. The van der Waals surface area contributed by atoms with E-state index >= 15 is 0 Å². The van der Waals surface area contributed by atoms with Gasteiger partial charge in [0, 0.05) is 44.8 Å². The molecule has 0 atom stereocenters. The summed E-state index contributed by atoms with van der Waals surface area (Å²) >= 11 is 5.83. The average Bonchev–Trinajstić information content (AvgIpc) is 2.52. The highest BCUT2D eigenvalue weighted by molar-refractivity contribution is 6.30. The lowest BCUT2D eigenvalue weighted by Crippen LogP contribution is -2.33. The summed E-state index contributed by atoms with van der Waals surface area (Å²) in [5.74, 6) is -0.506. The van der Waals surface area contributed by atoms with Crippen molar-refractivity contribution in [2.24, 2.45) is 5.41 Å². The van der Waals surface area contributed by atoms with E-state index in [1.165, 1.54) is 0 Å². The molecule has 0 radical (unpaired) electrons. The van der Waals surface area contributed by atoms with Gasteiger partial charge in [0.25, 0.3) is 0 Å². The number of anilines is 1. The maximum absolute atomic E-state index is 12.7. The Labute approximate surface area is 152 Å². The molecule has 25 heavy (non-hydrogen) atoms. The highest BCUT2D eigenvalue weighted by Gasteiger charge is 2.38. The quantitative estimate of drug-likeness (QED) is 0.805. The molecule has 0 bridgehead atoms. The van der Waals surface area contributed by atoms with E-state index in [2.05, 4.69) is 5.32 Å². The number of carbonyl (C=O) groups excluding carboxylic acids is 3. The third kappa shape index (κ3) is 3.90. The van der Waals surface area contributed by atoms with Gasteiger partial charge in [0.1, 0.15) is 0 Å². The van der Waals surface area contributed by atoms with Crippen molar-refractivity contribution in [2.75, 3.05) is 5.32 Å². The molecule has 0 aliphatic heterocycles. The standard InChI is InChI=1S/C20H22ClNO3/c1-11-12(2)19(25)17(13(3)18(11)24)20(4,5)10-16(23)22-15-8-6-14(21)7-9-15/h6-9H,10H2,1-5H3,(H,22,23). The topological polar surface area (TPSA) is 63.2 Å². The summed E-state index contributed by atoms with van der Waals surface area (Å²) in [6.07, 6.45) is 0.0909. The molecule has 1 aromatic rings. The number of benzene rings is 1. The Morgan fingerprint density at radius 2 is 1.48 bits per heavy atom. The van der Waals surface area contributed by atoms with Gasteiger partial charge in [-0.2, -0.15) is 0 Å². The molecule has 1 aliphatic rings. The lowest BCUT2D eigenvalue weighted by molar-refractivity contribution is -0.119. The van der Waals surface area contributed by atoms with Gasteiger partial charge in [0.2, 0.25) is 5.91 Å². The number of rotatable bonds is 4. The van der Waals surface area contributed by atoms with Crippen molar-refractivity contribution in [3.05, 3.63) is 51.6 Å². The van der Waals surface area contributed by atoms with Gasteiger partial charge in [-0.05, 0) is 45.0 Å². The monoisotopic (exact) mass is 359 g/mol. The van der Waals surface area contributed by atoms with Gasteiger partial charge in [-0.25, -0.2) is 0 Å². The summed E-state index contributed by atoms with van der Waals surface area (Å²) < 4.78 is 0. The zero-order valence-electron chi connectivity index (χ0n) is 15.1. The summed E-state index contributed by atoms with van der Waals surface area (Å²) in [6, 6.07) is 6.80. The number of hydrogen-bond donors (Lipinski definition) is 1. The van der Waals surface area contributed by atoms with E-state index in [-0.39, 0.29) is 23.9 Å². The van der Waals surface area contributed by atoms with Crippen molar-refractivity contribution < 1.29 is 14.4 Å². The van der Waals surface area contributed by atoms with Gasteiger partial charge >= 0.3 is 0 Å². The molecule has 1 aliphatic carbocycles. The number of carbonyl (C=O) groups is 3. The fourth-order valence-electron chi connectivity index (χ4n) is 3.14. The van der Waals surface area contributed by atoms with Crippen LogP contribution < -0.4 is 5.32 Å². The zero-order chi connectivity index (χ0) is 18.9. The molecule has 1 aromatic carbocycles. The molecule has 2 rings (SSSR count). The van der Waals surface area contributed by atoms with Crippen LogP contribution in [0.15, 0.2) is 46.6 Å². The lowest BCUT2D eigenvalue weighted by Gasteiger charge is -2.31. The maximum atomic E-state index is 12.7. The Hall–Kier alpha value is -2.20. The van der Waals surface area contributed by atoms with E-state index in [9.17, 15) is 14.4 Å². The number of amides is 1. The van der Waals surface area contributed by atoms with Gasteiger partial charge in [0.15, 0.2) is 11.6 Å². The molecule has 0 heterocycles. The molecule has 0 aromatic heterocycles. The van der Waals surface area contributed by atoms with Gasteiger partial charge in [-0.1, -0.05) is 25.4 Å². The highest BCUT2D eigenvalue weighted by atomic mass is 35.5. The number of hydrogen-bond acceptors (Lipinski definition) is 3. The first kappa shape index (κ1) is 19.1. The van der Waals surface area contributed by atoms with Gasteiger partial charge in [0.05, 0.1) is 0 Å². The van der Waals surface area contributed by atoms with Crippen LogP contribution in [0.4, 0.5) is 5.69 Å². The minimum absolute atomic E-state index is 0.0909. The predicted molar refractivity (Wildman–Crippen MR) is 99.6 cm³/mol. The highest BCUT2D eigenvalue weighted by Crippen LogP contribution is 2.39. The van der Waals surface area contributed by atoms with E-state index in [0.29, 0.717) is 33.0 Å². The Morgan fingerprint density at radius 3 is 2.04 bits per heavy atom. The van der Waals surface area contributed by atoms with Crippen molar-refractivity contribution >= 4 is 34.8 Å². The Morgan fingerprint density at radius 1 is 0.960 bits per heavy atom. The van der Waals surface area contributed by atoms with Crippen molar-refractivity contribution in [1.29, 1.82) is 0 Å². The van der Waals surface area contributed by atoms with Crippen LogP contribution in [-0.4, -0.2) is 17.5 Å². The molecule has 1 N–H and O–H groups in total. The van der Waals surface area contributed by atoms with Crippen molar-refractivity contribution in [2.45, 2.75) is 41.0 Å². The predicted octanol–water partition coefficient (Wildman–Crippen LogP) is 4.50. The number of Topliss-reactive ketones (excluding diaryl/α,β-unsaturated/α-hetero) is 2. The fourth-order valence-corrected chi connectivity index (χ4v) is 3.26. The van der Waals surface area contributed by atoms with Gasteiger partial charge < -0.3 is 5.32 Å². The number of halogens is 1. The van der Waals surface area contributed by atoms with Crippen LogP contribution in [0, 0.1) is 5.41 Å². The Kier molecular flexibility index (Phi) is 5.33. The lowest BCUT2D eigenvalue weighted by atomic mass is 9.71. The molecule has 1 amide bonds. The van der Waals surface area contributed by atoms with E-state index in [1.54, 1.807) is 45.0 Å². The summed E-state index contributed by atoms with van der Waals surface area (Å²) in [7, 11) is 0. The maximum Gasteiger partial charge on any atom is 0.225 e. The molecule has 0 unspecified atom stereocenters. The van der Waals surface area contributed by atoms with E-state index in [0.717, 1.165) is 0 Å². The second kappa shape index (κ2) is 6.96. The first-order valence-corrected chi connectivity index (χ1v) is 8.46. The molecule has 0 saturated carbocycles. The van der Waals surface area contributed by atoms with Gasteiger partial charge in [-0.15, -0.1) is 0 Å². The summed E-state index contributed by atoms with van der Waals surface area (Å²) in [5.41, 5.74) is 1.66. The number of nitrogens with one attached hydrogen (secondary N) is 1. The molecule has 0 saturated heterocycles. The normalized spacial score (nSPS) is 15.8. The van der Waals surface area contributed by atoms with Crippen molar-refractivity contribution in [3.8, 4) is 0 Å². The Bertz CT molecular complexity index is 814. The van der Waals surface area contributed by atoms with Crippen LogP contribution in [0.3, 0.4) is 0 Å². The largest absolute Gasteiger partial charge is 0.326 e. The third-order valence-electron chi connectivity index (χ3n) is 4.59. The van der Waals surface area contributed by atoms with Crippen LogP contribution in [0.2, 0.25) is 5.02 Å². The van der Waals surface area contributed by atoms with Crippen LogP contribution in [0.5, 0.6) is 0 Å². The van der Waals surface area contributed by atoms with Crippen molar-refractivity contribution in [3.63, 3.8) is 0 Å². The zero-order valence-corrected chi connectivity index (χ0v) is 15.9. The smallest absolute Gasteiger partial charge is 0.225 e. The molecule has 4 nitrogen and oxygen atoms in total. The first-order valence-electron chi connectivity index (χ1n) is 8.08. The number of allylic oxidation sites excluding steroid dienone is 4. The second-order valence-electron chi connectivity index (χ2n) is 7.02. The SMILES string of the molecule is CC1=C(C)C(=O)C(C(C)(C)CC(=O)Nc2ccc(Cl)cc2)=C(C)C1=O. The van der Waals surface area contributed by atoms with Crippen LogP contribution in [0.1, 0.15) is 41.0 Å². The minimum Gasteiger partial charge on any atom is -0.326 e. The first-order chi connectivity index (χ1) is 11.5. The van der Waals surface area contributed by atoms with Crippen LogP contribution >= 0.6 is 11.6 Å². The summed E-state index contributed by atoms with van der Waals surface area (Å²) in [6.45, 7) is 8.60. The minimum atomic E-state index is -0.755. The molecular formula is C20H22ClNO3. The summed E-state index contributed by atoms with van der Waals surface area (Å²) in [4.78, 5) is 37.5. The fraction of sp³-hybridized carbons (Fsp3) is 0.350. The Balaban J connectivity index is 2.23. The average molecular weight is 360 g/mol. The van der Waals surface area contributed by atoms with Crippen LogP contribution in [-0.2, 0) is 14.4 Å². The molecule has 5 heteroatoms. The molecule has 132 valence electrons. The van der Waals surface area contributed by atoms with Gasteiger partial charge in [-0.3, -0.25) is 14.4 Å². The molecule has 0 spiro atoms. The third-order valence-corrected chi connectivity index (χ3v) is 4.85. The van der Waals surface area contributed by atoms with Crippen LogP contribution in [0.25, 0.3) is 0 Å². The van der Waals surface area contributed by atoms with E-state index in [4.69, 9.17) is 11.6 Å². The van der Waals surface area contributed by atoms with Crippen molar-refractivity contribution in [1.82, 2.24) is 0 Å². The second-order valence-corrected chi connectivity index (χ2v) is 7.46. The molecular weight excluding hydrogens is 338 g/mol. The summed E-state index contributed by atoms with van der Waals surface area (Å²) in [5, 5.41) is 3.38. The van der Waals surface area contributed by atoms with E-state index in [1.807, 2.05) is 13.8 Å². The molecule has 0 fully saturated rings.